The maximum atomic E-state index is 12.3. The number of benzene rings is 1. The summed E-state index contributed by atoms with van der Waals surface area (Å²) in [6.45, 7) is 3.06. The maximum absolute atomic E-state index is 12.3. The third-order valence-corrected chi connectivity index (χ3v) is 5.50. The number of carbonyl (C=O) groups is 1. The Kier molecular flexibility index (Phi) is 6.99. The number of hydrogen-bond donors (Lipinski definition) is 6. The summed E-state index contributed by atoms with van der Waals surface area (Å²) in [5.74, 6) is -0.513. The lowest BCUT2D eigenvalue weighted by molar-refractivity contribution is -0.129. The molecule has 1 heterocycles. The molecule has 3 rings (SSSR count). The van der Waals surface area contributed by atoms with Crippen LogP contribution in [0.4, 0.5) is 0 Å². The van der Waals surface area contributed by atoms with E-state index in [0.717, 1.165) is 12.8 Å². The van der Waals surface area contributed by atoms with Gasteiger partial charge in [-0.1, -0.05) is 6.07 Å². The van der Waals surface area contributed by atoms with E-state index in [1.165, 1.54) is 19.1 Å². The fourth-order valence-electron chi connectivity index (χ4n) is 3.72. The molecule has 9 heteroatoms. The zero-order chi connectivity index (χ0) is 22.0. The van der Waals surface area contributed by atoms with Crippen LogP contribution >= 0.6 is 0 Å². The molecule has 0 unspecified atom stereocenters. The van der Waals surface area contributed by atoms with Gasteiger partial charge in [0.25, 0.3) is 0 Å². The summed E-state index contributed by atoms with van der Waals surface area (Å²) in [5, 5.41) is 52.5. The number of aromatic hydroxyl groups is 1. The molecule has 1 amide bonds. The van der Waals surface area contributed by atoms with Gasteiger partial charge in [-0.15, -0.1) is 0 Å². The highest BCUT2D eigenvalue weighted by molar-refractivity contribution is 5.97. The Morgan fingerprint density at radius 3 is 2.57 bits per heavy atom. The highest BCUT2D eigenvalue weighted by Crippen LogP contribution is 2.32. The number of rotatable bonds is 6. The van der Waals surface area contributed by atoms with Crippen molar-refractivity contribution in [2.24, 2.45) is 0 Å². The summed E-state index contributed by atoms with van der Waals surface area (Å²) in [5.41, 5.74) is 0.967. The van der Waals surface area contributed by atoms with E-state index >= 15 is 0 Å². The molecule has 1 aromatic rings. The number of ether oxygens (including phenoxy) is 2. The molecule has 2 fully saturated rings. The monoisotopic (exact) mass is 423 g/mol. The van der Waals surface area contributed by atoms with Crippen molar-refractivity contribution in [1.29, 1.82) is 0 Å². The van der Waals surface area contributed by atoms with Gasteiger partial charge in [0.2, 0.25) is 12.2 Å². The molecule has 0 spiro atoms. The van der Waals surface area contributed by atoms with Crippen LogP contribution in [-0.2, 0) is 9.53 Å². The van der Waals surface area contributed by atoms with E-state index in [1.807, 2.05) is 0 Å². The van der Waals surface area contributed by atoms with Crippen molar-refractivity contribution in [3.8, 4) is 11.5 Å². The van der Waals surface area contributed by atoms with Crippen molar-refractivity contribution in [2.75, 3.05) is 0 Å². The van der Waals surface area contributed by atoms with Crippen molar-refractivity contribution in [3.63, 3.8) is 0 Å². The van der Waals surface area contributed by atoms with Crippen LogP contribution in [0.15, 0.2) is 23.8 Å². The largest absolute Gasteiger partial charge is 0.504 e. The van der Waals surface area contributed by atoms with Gasteiger partial charge in [-0.25, -0.2) is 0 Å². The minimum absolute atomic E-state index is 0.0193. The first-order valence-corrected chi connectivity index (χ1v) is 10.0. The Morgan fingerprint density at radius 1 is 1.27 bits per heavy atom. The van der Waals surface area contributed by atoms with E-state index in [0.29, 0.717) is 17.6 Å². The van der Waals surface area contributed by atoms with Crippen LogP contribution in [0.3, 0.4) is 0 Å². The maximum Gasteiger partial charge on any atom is 0.247 e. The van der Waals surface area contributed by atoms with Crippen molar-refractivity contribution >= 4 is 12.0 Å². The van der Waals surface area contributed by atoms with Crippen LogP contribution in [0.2, 0.25) is 0 Å². The number of aliphatic hydroxyl groups is 4. The SMILES string of the molecule is C/C(=C\c1ccc(O[C@@H]2O[C@H]([C@H](C)O)[C@@H](O)[C@@H]2O)c(O)c1)C(=O)N[C@@H]1CCC[C@H]1O. The lowest BCUT2D eigenvalue weighted by atomic mass is 10.1. The highest BCUT2D eigenvalue weighted by Gasteiger charge is 2.46. The quantitative estimate of drug-likeness (QED) is 0.351. The van der Waals surface area contributed by atoms with Crippen molar-refractivity contribution < 1.29 is 39.8 Å². The van der Waals surface area contributed by atoms with Gasteiger partial charge >= 0.3 is 0 Å². The van der Waals surface area contributed by atoms with E-state index in [4.69, 9.17) is 9.47 Å². The van der Waals surface area contributed by atoms with Gasteiger partial charge in [0.05, 0.1) is 18.2 Å². The van der Waals surface area contributed by atoms with Gasteiger partial charge in [0.1, 0.15) is 18.3 Å². The molecule has 2 aliphatic rings. The van der Waals surface area contributed by atoms with Gasteiger partial charge in [0.15, 0.2) is 11.5 Å². The molecule has 0 bridgehead atoms. The Morgan fingerprint density at radius 2 is 2.00 bits per heavy atom. The average molecular weight is 423 g/mol. The van der Waals surface area contributed by atoms with Crippen molar-refractivity contribution in [2.45, 2.75) is 76.0 Å². The fraction of sp³-hybridized carbons (Fsp3) is 0.571. The molecule has 7 atom stereocenters. The van der Waals surface area contributed by atoms with Crippen LogP contribution in [0.5, 0.6) is 11.5 Å². The normalized spacial score (nSPS) is 32.8. The predicted octanol–water partition coefficient (Wildman–Crippen LogP) is 0.0314. The minimum atomic E-state index is -1.39. The molecule has 1 aromatic carbocycles. The Hall–Kier alpha value is -2.17. The first-order chi connectivity index (χ1) is 14.2. The van der Waals surface area contributed by atoms with Crippen LogP contribution in [0.1, 0.15) is 38.7 Å². The predicted molar refractivity (Wildman–Crippen MR) is 107 cm³/mol. The van der Waals surface area contributed by atoms with E-state index in [-0.39, 0.29) is 23.4 Å². The summed E-state index contributed by atoms with van der Waals surface area (Å²) >= 11 is 0. The second kappa shape index (κ2) is 9.32. The fourth-order valence-corrected chi connectivity index (χ4v) is 3.72. The second-order valence-corrected chi connectivity index (χ2v) is 7.94. The Balaban J connectivity index is 1.65. The van der Waals surface area contributed by atoms with Gasteiger partial charge in [-0.3, -0.25) is 4.79 Å². The van der Waals surface area contributed by atoms with Crippen molar-refractivity contribution in [1.82, 2.24) is 5.32 Å². The van der Waals surface area contributed by atoms with Gasteiger partial charge in [-0.2, -0.15) is 0 Å². The molecule has 0 aromatic heterocycles. The number of nitrogens with one attached hydrogen (secondary N) is 1. The lowest BCUT2D eigenvalue weighted by Crippen LogP contribution is -2.40. The van der Waals surface area contributed by atoms with Crippen LogP contribution in [-0.4, -0.2) is 74.3 Å². The summed E-state index contributed by atoms with van der Waals surface area (Å²) in [6.07, 6.45) is -2.62. The number of aliphatic hydroxyl groups excluding tert-OH is 4. The second-order valence-electron chi connectivity index (χ2n) is 7.94. The third-order valence-electron chi connectivity index (χ3n) is 5.50. The number of phenolic OH excluding ortho intramolecular Hbond substituents is 1. The number of hydrogen-bond acceptors (Lipinski definition) is 8. The highest BCUT2D eigenvalue weighted by atomic mass is 16.7. The zero-order valence-corrected chi connectivity index (χ0v) is 16.9. The minimum Gasteiger partial charge on any atom is -0.504 e. The molecular weight excluding hydrogens is 394 g/mol. The first kappa shape index (κ1) is 22.5. The molecule has 1 aliphatic carbocycles. The van der Waals surface area contributed by atoms with Gasteiger partial charge < -0.3 is 40.3 Å². The number of amides is 1. The average Bonchev–Trinajstić information content (AvgIpc) is 3.21. The smallest absolute Gasteiger partial charge is 0.247 e. The standard InChI is InChI=1S/C21H29NO8/c1-10(20(28)22-13-4-3-5-14(13)24)8-12-6-7-16(15(25)9-12)29-21-18(27)17(26)19(30-21)11(2)23/h6-9,11,13-14,17-19,21,23-27H,3-5H2,1-2H3,(H,22,28)/b10-8+/t11-,13+,14+,17-,18-,19+,21+/m0/s1. The lowest BCUT2D eigenvalue weighted by Gasteiger charge is -2.18. The molecule has 9 nitrogen and oxygen atoms in total. The van der Waals surface area contributed by atoms with Gasteiger partial charge in [-0.05, 0) is 56.9 Å². The molecular formula is C21H29NO8. The topological polar surface area (TPSA) is 149 Å². The first-order valence-electron chi connectivity index (χ1n) is 10.0. The Labute approximate surface area is 174 Å². The molecule has 6 N–H and O–H groups in total. The van der Waals surface area contributed by atoms with Crippen LogP contribution in [0, 0.1) is 0 Å². The number of phenols is 1. The van der Waals surface area contributed by atoms with E-state index in [1.54, 1.807) is 19.1 Å². The molecule has 30 heavy (non-hydrogen) atoms. The summed E-state index contributed by atoms with van der Waals surface area (Å²) in [6, 6.07) is 4.20. The zero-order valence-electron chi connectivity index (χ0n) is 16.9. The summed E-state index contributed by atoms with van der Waals surface area (Å²) < 4.78 is 10.8. The summed E-state index contributed by atoms with van der Waals surface area (Å²) in [4.78, 5) is 12.3. The van der Waals surface area contributed by atoms with E-state index in [2.05, 4.69) is 5.32 Å². The molecule has 1 saturated heterocycles. The van der Waals surface area contributed by atoms with Crippen LogP contribution in [0.25, 0.3) is 6.08 Å². The molecule has 1 aliphatic heterocycles. The molecule has 166 valence electrons. The number of carbonyl (C=O) groups excluding carboxylic acids is 1. The third kappa shape index (κ3) is 4.93. The van der Waals surface area contributed by atoms with E-state index < -0.39 is 36.8 Å². The Bertz CT molecular complexity index is 795. The molecule has 0 radical (unpaired) electrons. The van der Waals surface area contributed by atoms with E-state index in [9.17, 15) is 30.3 Å². The molecule has 1 saturated carbocycles. The van der Waals surface area contributed by atoms with Crippen LogP contribution < -0.4 is 10.1 Å². The van der Waals surface area contributed by atoms with Crippen molar-refractivity contribution in [3.05, 3.63) is 29.3 Å². The van der Waals surface area contributed by atoms with Gasteiger partial charge in [0, 0.05) is 5.57 Å². The summed E-state index contributed by atoms with van der Waals surface area (Å²) in [7, 11) is 0.